The third kappa shape index (κ3) is 20.0. The van der Waals surface area contributed by atoms with E-state index in [1.807, 2.05) is 103 Å². The monoisotopic (exact) mass is 729 g/mol. The van der Waals surface area contributed by atoms with E-state index in [4.69, 9.17) is 36.5 Å². The highest BCUT2D eigenvalue weighted by molar-refractivity contribution is 5.78. The summed E-state index contributed by atoms with van der Waals surface area (Å²) in [5.41, 5.74) is 14.2. The molecular formula is C36H64N12O4. The summed E-state index contributed by atoms with van der Waals surface area (Å²) in [6.07, 6.45) is 5.90. The number of nitrogens with two attached hydrogens (primary N) is 2. The van der Waals surface area contributed by atoms with Crippen LogP contribution in [0.2, 0.25) is 0 Å². The number of ether oxygens (including phenoxy) is 3. The second kappa shape index (κ2) is 27.0. The van der Waals surface area contributed by atoms with Crippen LogP contribution in [0.5, 0.6) is 12.0 Å². The summed E-state index contributed by atoms with van der Waals surface area (Å²) in [4.78, 5) is 32.8. The van der Waals surface area contributed by atoms with Crippen LogP contribution in [-0.4, -0.2) is 118 Å². The minimum Gasteiger partial charge on any atom is -0.462 e. The summed E-state index contributed by atoms with van der Waals surface area (Å²) in [6.45, 7) is 14.5. The molecule has 0 aliphatic carbocycles. The maximum absolute atomic E-state index is 11.2. The van der Waals surface area contributed by atoms with Gasteiger partial charge >= 0.3 is 18.1 Å². The second-order valence-electron chi connectivity index (χ2n) is 10.8. The van der Waals surface area contributed by atoms with Crippen molar-refractivity contribution < 1.29 is 23.3 Å². The van der Waals surface area contributed by atoms with Crippen LogP contribution in [0.15, 0.2) is 60.7 Å². The molecular weight excluding hydrogens is 664 g/mol. The van der Waals surface area contributed by atoms with Crippen LogP contribution in [0.25, 0.3) is 0 Å². The smallest absolute Gasteiger partial charge is 0.410 e. The fourth-order valence-electron chi connectivity index (χ4n) is 3.59. The molecule has 1 saturated heterocycles. The number of nitrogens with zero attached hydrogens (tertiary/aromatic N) is 7. The zero-order chi connectivity index (χ0) is 39.5. The number of carbonyl (C=O) groups is 1. The number of allylic oxidation sites excluding steroid dienone is 3. The molecule has 3 aromatic rings. The van der Waals surface area contributed by atoms with E-state index in [2.05, 4.69) is 31.8 Å². The molecule has 0 spiro atoms. The Balaban J connectivity index is -0.000000324. The molecule has 292 valence electrons. The molecule has 1 aliphatic heterocycles. The number of rotatable bonds is 13. The molecule has 2 aromatic heterocycles. The number of carbonyl (C=O) groups excluding carboxylic acids is 1. The van der Waals surface area contributed by atoms with Gasteiger partial charge in [0.25, 0.3) is 0 Å². The molecule has 1 aromatic carbocycles. The molecule has 16 heteroatoms. The Bertz CT molecular complexity index is 1550. The molecule has 0 atom stereocenters. The van der Waals surface area contributed by atoms with E-state index in [1.165, 1.54) is 18.0 Å². The molecule has 4 rings (SSSR count). The first-order valence-electron chi connectivity index (χ1n) is 16.7. The predicted molar refractivity (Wildman–Crippen MR) is 219 cm³/mol. The van der Waals surface area contributed by atoms with E-state index in [0.717, 1.165) is 23.5 Å². The van der Waals surface area contributed by atoms with Crippen LogP contribution in [-0.2, 0) is 4.74 Å². The highest BCUT2D eigenvalue weighted by atomic mass is 16.6. The Morgan fingerprint density at radius 1 is 1.00 bits per heavy atom. The number of nitrogens with one attached hydrogen (secondary N) is 3. The molecule has 1 amide bonds. The quantitative estimate of drug-likeness (QED) is 0.0869. The highest BCUT2D eigenvalue weighted by Gasteiger charge is 2.21. The van der Waals surface area contributed by atoms with Gasteiger partial charge in [-0.3, -0.25) is 0 Å². The maximum Gasteiger partial charge on any atom is 0.410 e. The normalized spacial score (nSPS) is 11.1. The minimum absolute atomic E-state index is 0. The number of aromatic nitrogens is 4. The topological polar surface area (TPSA) is 218 Å². The number of benzene rings is 1. The van der Waals surface area contributed by atoms with Crippen molar-refractivity contribution >= 4 is 41.8 Å². The van der Waals surface area contributed by atoms with Crippen molar-refractivity contribution in [3.63, 3.8) is 0 Å². The van der Waals surface area contributed by atoms with Crippen molar-refractivity contribution in [2.24, 2.45) is 0 Å². The molecule has 16 nitrogen and oxygen atoms in total. The average Bonchev–Trinajstić information content (AvgIpc) is 3.53. The molecule has 52 heavy (non-hydrogen) atoms. The summed E-state index contributed by atoms with van der Waals surface area (Å²) >= 11 is 0. The molecule has 0 radical (unpaired) electrons. The zero-order valence-corrected chi connectivity index (χ0v) is 32.1. The van der Waals surface area contributed by atoms with Crippen LogP contribution >= 0.6 is 0 Å². The zero-order valence-electron chi connectivity index (χ0n) is 32.1. The van der Waals surface area contributed by atoms with Gasteiger partial charge in [-0.1, -0.05) is 62.4 Å². The number of hydrogen-bond donors (Lipinski definition) is 5. The number of amides is 1. The standard InChI is InChI=1S/C11H17N5O3.C9H17N5O.C8H9N.C6H9N.C2H6.3H2/c1-15(2)9-7-8(12)13-10(14-9)18-5-3-16-4-6-19-11(16)17;1-11-4-5-15-9-12-7(10)6-8(13-9)14(2)3;1-7-3-2-4-8(5-7)6-9;1-3-4-6(2)5-7;1-2;;;/h7H,3-6H2,1-2H3,(H2,12,13,14);6,11H,4-5H2,1-3H3,(H2,10,12,13);2-6,9H,1H3;3-5,7H,2H2,1H3;1-2H3;3*1H/b;;;4-3+,7-5?;;;;. The molecule has 1 fully saturated rings. The lowest BCUT2D eigenvalue weighted by atomic mass is 10.2. The number of likely N-dealkylation sites (N-methyl/N-ethyl adjacent to an activating group) is 1. The molecule has 7 N–H and O–H groups in total. The Morgan fingerprint density at radius 3 is 1.94 bits per heavy atom. The SMILES string of the molecule is C=C(C=N)/C=C/C.CC.CN(C)c1cc(N)nc(OCCN2CCOC2=O)n1.CNCCOc1nc(N)cc(N(C)C)n1.Cc1cccc(C=N)c1.[HH].[HH].[HH]. The fourth-order valence-corrected chi connectivity index (χ4v) is 3.59. The third-order valence-electron chi connectivity index (χ3n) is 6.14. The Morgan fingerprint density at radius 2 is 1.56 bits per heavy atom. The first-order valence-corrected chi connectivity index (χ1v) is 16.7. The molecule has 3 heterocycles. The Labute approximate surface area is 313 Å². The number of aryl methyl sites for hydroxylation is 1. The number of nitrogen functional groups attached to an aromatic ring is 2. The van der Waals surface area contributed by atoms with Crippen molar-refractivity contribution in [3.8, 4) is 12.0 Å². The van der Waals surface area contributed by atoms with Crippen molar-refractivity contribution in [1.29, 1.82) is 10.8 Å². The first-order chi connectivity index (χ1) is 24.8. The predicted octanol–water partition coefficient (Wildman–Crippen LogP) is 5.20. The van der Waals surface area contributed by atoms with Crippen LogP contribution in [0.1, 0.15) is 36.2 Å². The van der Waals surface area contributed by atoms with Gasteiger partial charge in [0.15, 0.2) is 0 Å². The molecule has 1 aliphatic rings. The summed E-state index contributed by atoms with van der Waals surface area (Å²) in [7, 11) is 9.34. The first kappa shape index (κ1) is 46.2. The largest absolute Gasteiger partial charge is 0.462 e. The van der Waals surface area contributed by atoms with Crippen molar-refractivity contribution in [2.75, 3.05) is 96.0 Å². The summed E-state index contributed by atoms with van der Waals surface area (Å²) in [5.74, 6) is 2.16. The van der Waals surface area contributed by atoms with Crippen LogP contribution < -0.4 is 36.1 Å². The van der Waals surface area contributed by atoms with Crippen LogP contribution in [0.3, 0.4) is 0 Å². The van der Waals surface area contributed by atoms with Gasteiger partial charge in [0.1, 0.15) is 43.1 Å². The lowest BCUT2D eigenvalue weighted by Gasteiger charge is -2.14. The number of hydrogen-bond acceptors (Lipinski definition) is 15. The van der Waals surface area contributed by atoms with Gasteiger partial charge in [0.2, 0.25) is 0 Å². The van der Waals surface area contributed by atoms with E-state index < -0.39 is 0 Å². The van der Waals surface area contributed by atoms with Crippen LogP contribution in [0.4, 0.5) is 28.1 Å². The van der Waals surface area contributed by atoms with Crippen molar-refractivity contribution in [1.82, 2.24) is 30.2 Å². The average molecular weight is 729 g/mol. The van der Waals surface area contributed by atoms with E-state index in [9.17, 15) is 4.79 Å². The summed E-state index contributed by atoms with van der Waals surface area (Å²) in [6, 6.07) is 11.7. The number of cyclic esters (lactones) is 1. The highest BCUT2D eigenvalue weighted by Crippen LogP contribution is 2.16. The van der Waals surface area contributed by atoms with Crippen molar-refractivity contribution in [3.05, 3.63) is 71.8 Å². The van der Waals surface area contributed by atoms with Gasteiger partial charge in [-0.2, -0.15) is 19.9 Å². The van der Waals surface area contributed by atoms with Crippen LogP contribution in [0, 0.1) is 17.7 Å². The molecule has 0 bridgehead atoms. The maximum atomic E-state index is 11.2. The van der Waals surface area contributed by atoms with E-state index in [1.54, 1.807) is 23.1 Å². The van der Waals surface area contributed by atoms with E-state index in [0.29, 0.717) is 56.4 Å². The van der Waals surface area contributed by atoms with Crippen molar-refractivity contribution in [2.45, 2.75) is 27.7 Å². The van der Waals surface area contributed by atoms with Gasteiger partial charge in [-0.05, 0) is 32.0 Å². The minimum atomic E-state index is -0.314. The Kier molecular flexibility index (Phi) is 24.0. The fraction of sp³-hybridized carbons (Fsp3) is 0.417. The lowest BCUT2D eigenvalue weighted by Crippen LogP contribution is -2.29. The van der Waals surface area contributed by atoms with Gasteiger partial charge < -0.3 is 56.5 Å². The van der Waals surface area contributed by atoms with Gasteiger partial charge in [0, 0.05) is 63.6 Å². The lowest BCUT2D eigenvalue weighted by molar-refractivity contribution is 0.152. The molecule has 0 unspecified atom stereocenters. The van der Waals surface area contributed by atoms with E-state index in [-0.39, 0.29) is 16.4 Å². The second-order valence-corrected chi connectivity index (χ2v) is 10.8. The van der Waals surface area contributed by atoms with E-state index >= 15 is 0 Å². The number of anilines is 4. The molecule has 0 saturated carbocycles. The summed E-state index contributed by atoms with van der Waals surface area (Å²) < 4.78 is 15.5. The Hall–Kier alpha value is -5.77. The summed E-state index contributed by atoms with van der Waals surface area (Å²) in [5, 5.41) is 16.5. The van der Waals surface area contributed by atoms with Gasteiger partial charge in [-0.15, -0.1) is 0 Å². The third-order valence-corrected chi connectivity index (χ3v) is 6.14. The van der Waals surface area contributed by atoms with Gasteiger partial charge in [0.05, 0.1) is 13.1 Å². The van der Waals surface area contributed by atoms with Gasteiger partial charge in [-0.25, -0.2) is 4.79 Å².